The minimum atomic E-state index is -0.229. The minimum Gasteiger partial charge on any atom is -0.506 e. The third-order valence-electron chi connectivity index (χ3n) is 5.24. The van der Waals surface area contributed by atoms with Crippen LogP contribution < -0.4 is 9.47 Å². The second-order valence-corrected chi connectivity index (χ2v) is 11.4. The van der Waals surface area contributed by atoms with Crippen LogP contribution in [0.15, 0.2) is 77.2 Å². The minimum absolute atomic E-state index is 0.0371. The van der Waals surface area contributed by atoms with E-state index in [-0.39, 0.29) is 18.2 Å². The van der Waals surface area contributed by atoms with Crippen LogP contribution in [0.5, 0.6) is 17.2 Å². The van der Waals surface area contributed by atoms with Gasteiger partial charge < -0.3 is 19.0 Å². The summed E-state index contributed by atoms with van der Waals surface area (Å²) in [6.45, 7) is 4.92. The lowest BCUT2D eigenvalue weighted by atomic mass is 10.1. The fraction of sp³-hybridized carbons (Fsp3) is 0.222. The lowest BCUT2D eigenvalue weighted by Gasteiger charge is -2.13. The highest BCUT2D eigenvalue weighted by molar-refractivity contribution is 9.11. The van der Waals surface area contributed by atoms with Gasteiger partial charge in [0.15, 0.2) is 16.7 Å². The van der Waals surface area contributed by atoms with E-state index in [0.717, 1.165) is 10.0 Å². The van der Waals surface area contributed by atoms with Crippen molar-refractivity contribution in [1.29, 1.82) is 0 Å². The third kappa shape index (κ3) is 6.89. The van der Waals surface area contributed by atoms with Crippen LogP contribution in [0, 0.1) is 5.92 Å². The standard InChI is InChI=1S/C27H25Br2N3O5S/c1-16(2)15-37-22-7-6-17(9-23(22)35-3)10-24-26(34)32(14-20-5-4-8-36-20)27(38-24)31-30-13-18-11-19(28)12-21(29)25(18)33/h4-13,16,33H,14-15H2,1-3H3/b24-10-,30-13-,31-27+. The largest absolute Gasteiger partial charge is 0.506 e. The van der Waals surface area contributed by atoms with E-state index in [4.69, 9.17) is 13.9 Å². The number of rotatable bonds is 9. The van der Waals surface area contributed by atoms with Crippen LogP contribution in [0.3, 0.4) is 0 Å². The summed E-state index contributed by atoms with van der Waals surface area (Å²) in [6.07, 6.45) is 4.76. The first-order valence-electron chi connectivity index (χ1n) is 11.6. The van der Waals surface area contributed by atoms with E-state index in [0.29, 0.717) is 49.9 Å². The Morgan fingerprint density at radius 1 is 1.18 bits per heavy atom. The van der Waals surface area contributed by atoms with Gasteiger partial charge in [-0.25, -0.2) is 0 Å². The van der Waals surface area contributed by atoms with Gasteiger partial charge in [-0.15, -0.1) is 5.10 Å². The zero-order chi connectivity index (χ0) is 27.2. The first kappa shape index (κ1) is 28.0. The third-order valence-corrected chi connectivity index (χ3v) is 7.30. The van der Waals surface area contributed by atoms with Crippen LogP contribution in [0.2, 0.25) is 0 Å². The Hall–Kier alpha value is -3.02. The lowest BCUT2D eigenvalue weighted by Crippen LogP contribution is -2.28. The van der Waals surface area contributed by atoms with Crippen molar-refractivity contribution in [2.45, 2.75) is 20.4 Å². The molecule has 8 nitrogen and oxygen atoms in total. The summed E-state index contributed by atoms with van der Waals surface area (Å²) < 4.78 is 18.1. The van der Waals surface area contributed by atoms with Crippen molar-refractivity contribution in [3.8, 4) is 17.2 Å². The molecule has 0 unspecified atom stereocenters. The summed E-state index contributed by atoms with van der Waals surface area (Å²) in [7, 11) is 1.58. The quantitative estimate of drug-likeness (QED) is 0.150. The SMILES string of the molecule is COc1cc(/C=C2\S/C(=N/N=C\c3cc(Br)cc(Br)c3O)N(Cc3ccco3)C2=O)ccc1OCC(C)C. The number of nitrogens with zero attached hydrogens (tertiary/aromatic N) is 3. The van der Waals surface area contributed by atoms with Crippen molar-refractivity contribution in [2.75, 3.05) is 13.7 Å². The molecule has 1 aromatic heterocycles. The van der Waals surface area contributed by atoms with Crippen molar-refractivity contribution in [3.63, 3.8) is 0 Å². The molecule has 1 N–H and O–H groups in total. The number of phenols is 1. The number of hydrogen-bond donors (Lipinski definition) is 1. The highest BCUT2D eigenvalue weighted by Crippen LogP contribution is 2.36. The van der Waals surface area contributed by atoms with Gasteiger partial charge in [0.2, 0.25) is 0 Å². The van der Waals surface area contributed by atoms with E-state index in [1.54, 1.807) is 43.7 Å². The molecule has 2 aromatic carbocycles. The summed E-state index contributed by atoms with van der Waals surface area (Å²) in [5.74, 6) is 2.03. The molecule has 3 aromatic rings. The van der Waals surface area contributed by atoms with E-state index in [9.17, 15) is 9.90 Å². The number of halogens is 2. The number of phenolic OH excluding ortho intramolecular Hbond substituents is 1. The number of amides is 1. The maximum absolute atomic E-state index is 13.4. The molecule has 1 aliphatic heterocycles. The Labute approximate surface area is 241 Å². The molecule has 0 spiro atoms. The van der Waals surface area contributed by atoms with Crippen LogP contribution in [0.25, 0.3) is 6.08 Å². The smallest absolute Gasteiger partial charge is 0.267 e. The van der Waals surface area contributed by atoms with Gasteiger partial charge in [-0.05, 0) is 81.6 Å². The molecule has 0 atom stereocenters. The van der Waals surface area contributed by atoms with E-state index in [1.165, 1.54) is 22.9 Å². The van der Waals surface area contributed by atoms with Gasteiger partial charge in [-0.3, -0.25) is 9.69 Å². The number of thioether (sulfide) groups is 1. The van der Waals surface area contributed by atoms with Crippen LogP contribution in [0.1, 0.15) is 30.7 Å². The molecule has 0 bridgehead atoms. The molecule has 0 saturated carbocycles. The first-order chi connectivity index (χ1) is 18.2. The summed E-state index contributed by atoms with van der Waals surface area (Å²) >= 11 is 7.90. The Balaban J connectivity index is 1.62. The summed E-state index contributed by atoms with van der Waals surface area (Å²) in [6, 6.07) is 12.5. The molecular weight excluding hydrogens is 638 g/mol. The topological polar surface area (TPSA) is 96.9 Å². The fourth-order valence-electron chi connectivity index (χ4n) is 3.41. The number of carbonyl (C=O) groups excluding carboxylic acids is 1. The number of benzene rings is 2. The second kappa shape index (κ2) is 12.7. The van der Waals surface area contributed by atoms with Gasteiger partial charge in [0.1, 0.15) is 11.5 Å². The van der Waals surface area contributed by atoms with E-state index >= 15 is 0 Å². The predicted octanol–water partition coefficient (Wildman–Crippen LogP) is 7.06. The van der Waals surface area contributed by atoms with Crippen LogP contribution in [0.4, 0.5) is 0 Å². The van der Waals surface area contributed by atoms with Gasteiger partial charge in [0.25, 0.3) is 5.91 Å². The number of carbonyl (C=O) groups is 1. The van der Waals surface area contributed by atoms with Crippen molar-refractivity contribution < 1.29 is 23.8 Å². The molecule has 38 heavy (non-hydrogen) atoms. The highest BCUT2D eigenvalue weighted by Gasteiger charge is 2.34. The summed E-state index contributed by atoms with van der Waals surface area (Å²) in [4.78, 5) is 15.3. The molecule has 1 amide bonds. The maximum atomic E-state index is 13.4. The molecule has 0 radical (unpaired) electrons. The first-order valence-corrected chi connectivity index (χ1v) is 14.0. The molecule has 1 saturated heterocycles. The van der Waals surface area contributed by atoms with E-state index < -0.39 is 0 Å². The average Bonchev–Trinajstić information content (AvgIpc) is 3.50. The molecule has 4 rings (SSSR count). The Morgan fingerprint density at radius 2 is 2.00 bits per heavy atom. The highest BCUT2D eigenvalue weighted by atomic mass is 79.9. The van der Waals surface area contributed by atoms with E-state index in [1.807, 2.05) is 18.2 Å². The molecule has 0 aliphatic carbocycles. The lowest BCUT2D eigenvalue weighted by molar-refractivity contribution is -0.122. The van der Waals surface area contributed by atoms with Crippen molar-refractivity contribution in [1.82, 2.24) is 4.90 Å². The summed E-state index contributed by atoms with van der Waals surface area (Å²) in [5.41, 5.74) is 1.24. The number of aromatic hydroxyl groups is 1. The fourth-order valence-corrected chi connectivity index (χ4v) is 5.60. The van der Waals surface area contributed by atoms with Crippen LogP contribution in [-0.2, 0) is 11.3 Å². The number of methoxy groups -OCH3 is 1. The van der Waals surface area contributed by atoms with Gasteiger partial charge in [-0.1, -0.05) is 35.8 Å². The number of furan rings is 1. The van der Waals surface area contributed by atoms with Gasteiger partial charge in [0.05, 0.1) is 42.1 Å². The van der Waals surface area contributed by atoms with Crippen LogP contribution in [-0.4, -0.2) is 41.0 Å². The van der Waals surface area contributed by atoms with Crippen molar-refractivity contribution >= 4 is 67.0 Å². The van der Waals surface area contributed by atoms with E-state index in [2.05, 4.69) is 55.9 Å². The molecule has 2 heterocycles. The zero-order valence-electron chi connectivity index (χ0n) is 20.9. The monoisotopic (exact) mass is 661 g/mol. The molecule has 11 heteroatoms. The molecule has 1 fully saturated rings. The number of amidine groups is 1. The number of hydrogen-bond acceptors (Lipinski definition) is 8. The molecular formula is C27H25Br2N3O5S. The van der Waals surface area contributed by atoms with Crippen molar-refractivity contribution in [2.24, 2.45) is 16.1 Å². The Morgan fingerprint density at radius 3 is 2.71 bits per heavy atom. The zero-order valence-corrected chi connectivity index (χ0v) is 24.8. The van der Waals surface area contributed by atoms with Crippen molar-refractivity contribution in [3.05, 3.63) is 79.5 Å². The Bertz CT molecular complexity index is 1400. The maximum Gasteiger partial charge on any atom is 0.267 e. The average molecular weight is 663 g/mol. The molecule has 1 aliphatic rings. The molecule has 198 valence electrons. The Kier molecular flexibility index (Phi) is 9.35. The summed E-state index contributed by atoms with van der Waals surface area (Å²) in [5, 5.41) is 19.1. The van der Waals surface area contributed by atoms with Gasteiger partial charge in [-0.2, -0.15) is 5.10 Å². The second-order valence-electron chi connectivity index (χ2n) is 8.65. The predicted molar refractivity (Wildman–Crippen MR) is 157 cm³/mol. The van der Waals surface area contributed by atoms with Gasteiger partial charge in [0, 0.05) is 10.0 Å². The normalized spacial score (nSPS) is 15.9. The van der Waals surface area contributed by atoms with Crippen LogP contribution >= 0.6 is 43.6 Å². The number of ether oxygens (including phenoxy) is 2. The van der Waals surface area contributed by atoms with Gasteiger partial charge >= 0.3 is 0 Å².